The lowest BCUT2D eigenvalue weighted by atomic mass is 10.1. The summed E-state index contributed by atoms with van der Waals surface area (Å²) in [6.07, 6.45) is 0. The first kappa shape index (κ1) is 18.3. The van der Waals surface area contributed by atoms with E-state index in [-0.39, 0.29) is 5.75 Å². The van der Waals surface area contributed by atoms with Gasteiger partial charge in [0.2, 0.25) is 0 Å². The van der Waals surface area contributed by atoms with Gasteiger partial charge in [-0.15, -0.1) is 0 Å². The van der Waals surface area contributed by atoms with Gasteiger partial charge in [0.1, 0.15) is 12.8 Å². The molecule has 0 N–H and O–H groups in total. The van der Waals surface area contributed by atoms with Gasteiger partial charge in [-0.05, 0) is 23.8 Å². The minimum Gasteiger partial charge on any atom is -0.399 e. The lowest BCUT2D eigenvalue weighted by molar-refractivity contribution is 0.213. The number of benzene rings is 2. The molecule has 1 unspecified atom stereocenters. The Hall–Kier alpha value is -1.07. The molecule has 0 bridgehead atoms. The van der Waals surface area contributed by atoms with E-state index >= 15 is 0 Å². The molecule has 0 aromatic heterocycles. The minimum atomic E-state index is -1.21. The van der Waals surface area contributed by atoms with Gasteiger partial charge in [-0.25, -0.2) is 0 Å². The molecule has 0 heterocycles. The quantitative estimate of drug-likeness (QED) is 0.517. The zero-order valence-corrected chi connectivity index (χ0v) is 15.3. The van der Waals surface area contributed by atoms with E-state index in [4.69, 9.17) is 39.6 Å². The van der Waals surface area contributed by atoms with Crippen molar-refractivity contribution in [1.82, 2.24) is 0 Å². The maximum atomic E-state index is 12.4. The second kappa shape index (κ2) is 8.69. The van der Waals surface area contributed by atoms with Crippen molar-refractivity contribution in [2.45, 2.75) is 5.75 Å². The molecule has 23 heavy (non-hydrogen) atoms. The predicted octanol–water partition coefficient (Wildman–Crippen LogP) is 4.95. The summed E-state index contributed by atoms with van der Waals surface area (Å²) in [5.41, 5.74) is 1.97. The molecule has 2 aromatic carbocycles. The molecular weight excluding hydrogens is 377 g/mol. The Bertz CT molecular complexity index is 750. The van der Waals surface area contributed by atoms with Crippen LogP contribution >= 0.6 is 34.8 Å². The van der Waals surface area contributed by atoms with Gasteiger partial charge >= 0.3 is 0 Å². The predicted molar refractivity (Wildman–Crippen MR) is 98.2 cm³/mol. The molecule has 2 rings (SSSR count). The van der Waals surface area contributed by atoms with Crippen LogP contribution in [0.15, 0.2) is 47.6 Å². The van der Waals surface area contributed by atoms with Crippen molar-refractivity contribution in [2.24, 2.45) is 5.16 Å². The van der Waals surface area contributed by atoms with E-state index < -0.39 is 10.8 Å². The van der Waals surface area contributed by atoms with Gasteiger partial charge in [0.15, 0.2) is 0 Å². The molecule has 0 saturated carbocycles. The Morgan fingerprint density at radius 1 is 1.13 bits per heavy atom. The Morgan fingerprint density at radius 3 is 2.52 bits per heavy atom. The smallest absolute Gasteiger partial charge is 0.106 e. The number of nitrogens with zero attached hydrogens (tertiary/aromatic N) is 1. The van der Waals surface area contributed by atoms with Crippen molar-refractivity contribution in [3.63, 3.8) is 0 Å². The van der Waals surface area contributed by atoms with Crippen molar-refractivity contribution in [3.05, 3.63) is 68.7 Å². The second-order valence-corrected chi connectivity index (χ2v) is 7.37. The van der Waals surface area contributed by atoms with Crippen LogP contribution in [0, 0.1) is 0 Å². The normalized spacial score (nSPS) is 13.0. The molecule has 0 spiro atoms. The lowest BCUT2D eigenvalue weighted by Gasteiger charge is -2.09. The molecule has 7 heteroatoms. The highest BCUT2D eigenvalue weighted by Crippen LogP contribution is 2.23. The van der Waals surface area contributed by atoms with E-state index in [1.165, 1.54) is 7.11 Å². The van der Waals surface area contributed by atoms with Crippen LogP contribution in [0.25, 0.3) is 0 Å². The highest BCUT2D eigenvalue weighted by Gasteiger charge is 2.15. The third kappa shape index (κ3) is 5.21. The zero-order chi connectivity index (χ0) is 16.8. The van der Waals surface area contributed by atoms with Crippen LogP contribution < -0.4 is 0 Å². The Balaban J connectivity index is 2.18. The SMILES string of the molecule is CO/N=C(\CS(=O)Cc1ccccc1Cl)c1ccc(Cl)cc1Cl. The van der Waals surface area contributed by atoms with Gasteiger partial charge in [-0.1, -0.05) is 64.2 Å². The first-order valence-electron chi connectivity index (χ1n) is 6.65. The average molecular weight is 391 g/mol. The topological polar surface area (TPSA) is 38.7 Å². The maximum Gasteiger partial charge on any atom is 0.106 e. The fourth-order valence-corrected chi connectivity index (χ4v) is 3.99. The summed E-state index contributed by atoms with van der Waals surface area (Å²) in [6, 6.07) is 12.4. The third-order valence-electron chi connectivity index (χ3n) is 3.02. The number of halogens is 3. The van der Waals surface area contributed by atoms with Crippen molar-refractivity contribution < 1.29 is 9.05 Å². The van der Waals surface area contributed by atoms with E-state index in [0.717, 1.165) is 5.56 Å². The Morgan fingerprint density at radius 2 is 1.87 bits per heavy atom. The van der Waals surface area contributed by atoms with Crippen LogP contribution in [0.1, 0.15) is 11.1 Å². The summed E-state index contributed by atoms with van der Waals surface area (Å²) in [6.45, 7) is 0. The fourth-order valence-electron chi connectivity index (χ4n) is 1.98. The molecule has 0 aliphatic rings. The summed E-state index contributed by atoms with van der Waals surface area (Å²) in [7, 11) is 0.218. The largest absolute Gasteiger partial charge is 0.399 e. The molecule has 2 aromatic rings. The lowest BCUT2D eigenvalue weighted by Crippen LogP contribution is -2.15. The van der Waals surface area contributed by atoms with Gasteiger partial charge in [-0.2, -0.15) is 0 Å². The number of hydrogen-bond acceptors (Lipinski definition) is 3. The molecular formula is C16H14Cl3NO2S. The standard InChI is InChI=1S/C16H14Cl3NO2S/c1-22-20-16(13-7-6-12(17)8-15(13)19)10-23(21)9-11-4-2-3-5-14(11)18/h2-8H,9-10H2,1H3/b20-16+. The van der Waals surface area contributed by atoms with Crippen LogP contribution in [0.3, 0.4) is 0 Å². The summed E-state index contributed by atoms with van der Waals surface area (Å²) in [5.74, 6) is 0.522. The molecule has 0 aliphatic heterocycles. The molecule has 0 amide bonds. The van der Waals surface area contributed by atoms with E-state index in [1.807, 2.05) is 18.2 Å². The van der Waals surface area contributed by atoms with Crippen LogP contribution in [0.2, 0.25) is 15.1 Å². The average Bonchev–Trinajstić information content (AvgIpc) is 2.49. The number of rotatable bonds is 6. The van der Waals surface area contributed by atoms with E-state index in [1.54, 1.807) is 24.3 Å². The molecule has 0 radical (unpaired) electrons. The van der Waals surface area contributed by atoms with Gasteiger partial charge < -0.3 is 4.84 Å². The molecule has 0 saturated heterocycles. The van der Waals surface area contributed by atoms with E-state index in [0.29, 0.717) is 32.1 Å². The number of hydrogen-bond donors (Lipinski definition) is 0. The van der Waals surface area contributed by atoms with Gasteiger partial charge in [0.05, 0.1) is 16.5 Å². The minimum absolute atomic E-state index is 0.195. The molecule has 0 fully saturated rings. The van der Waals surface area contributed by atoms with Crippen LogP contribution in [-0.2, 0) is 21.4 Å². The summed E-state index contributed by atoms with van der Waals surface area (Å²) < 4.78 is 12.4. The van der Waals surface area contributed by atoms with Crippen LogP contribution in [0.5, 0.6) is 0 Å². The van der Waals surface area contributed by atoms with Crippen molar-refractivity contribution in [1.29, 1.82) is 0 Å². The summed E-state index contributed by atoms with van der Waals surface area (Å²) >= 11 is 18.2. The Labute approximate surface area is 152 Å². The van der Waals surface area contributed by atoms with Crippen molar-refractivity contribution in [3.8, 4) is 0 Å². The molecule has 3 nitrogen and oxygen atoms in total. The van der Waals surface area contributed by atoms with Crippen molar-refractivity contribution >= 4 is 51.3 Å². The van der Waals surface area contributed by atoms with E-state index in [9.17, 15) is 4.21 Å². The second-order valence-electron chi connectivity index (χ2n) is 4.66. The molecule has 0 aliphatic carbocycles. The highest BCUT2D eigenvalue weighted by molar-refractivity contribution is 7.85. The highest BCUT2D eigenvalue weighted by atomic mass is 35.5. The zero-order valence-electron chi connectivity index (χ0n) is 12.3. The van der Waals surface area contributed by atoms with Gasteiger partial charge in [0.25, 0.3) is 0 Å². The van der Waals surface area contributed by atoms with Crippen LogP contribution in [0.4, 0.5) is 0 Å². The third-order valence-corrected chi connectivity index (χ3v) is 5.16. The van der Waals surface area contributed by atoms with Crippen LogP contribution in [-0.4, -0.2) is 22.8 Å². The fraction of sp³-hybridized carbons (Fsp3) is 0.188. The van der Waals surface area contributed by atoms with Crippen molar-refractivity contribution in [2.75, 3.05) is 12.9 Å². The van der Waals surface area contributed by atoms with Gasteiger partial charge in [-0.3, -0.25) is 4.21 Å². The first-order valence-corrected chi connectivity index (χ1v) is 9.27. The van der Waals surface area contributed by atoms with E-state index in [2.05, 4.69) is 5.16 Å². The van der Waals surface area contributed by atoms with Gasteiger partial charge in [0, 0.05) is 26.4 Å². The first-order chi connectivity index (χ1) is 11.0. The molecule has 1 atom stereocenters. The monoisotopic (exact) mass is 389 g/mol. The maximum absolute atomic E-state index is 12.4. The summed E-state index contributed by atoms with van der Waals surface area (Å²) in [5, 5.41) is 5.50. The number of oxime groups is 1. The summed E-state index contributed by atoms with van der Waals surface area (Å²) in [4.78, 5) is 4.85. The Kier molecular flexibility index (Phi) is 6.90. The molecule has 122 valence electrons.